The molecule has 0 aliphatic carbocycles. The molecule has 0 unspecified atom stereocenters. The zero-order valence-electron chi connectivity index (χ0n) is 9.44. The third kappa shape index (κ3) is 3.31. The minimum absolute atomic E-state index is 0.587. The van der Waals surface area contributed by atoms with Crippen LogP contribution < -0.4 is 5.73 Å². The van der Waals surface area contributed by atoms with Crippen molar-refractivity contribution < 1.29 is 0 Å². The van der Waals surface area contributed by atoms with Gasteiger partial charge in [-0.25, -0.2) is 4.98 Å². The summed E-state index contributed by atoms with van der Waals surface area (Å²) in [5, 5.41) is 1.14. The Morgan fingerprint density at radius 2 is 2.18 bits per heavy atom. The molecule has 1 aromatic carbocycles. The third-order valence-electron chi connectivity index (χ3n) is 2.31. The first-order chi connectivity index (χ1) is 8.20. The summed E-state index contributed by atoms with van der Waals surface area (Å²) in [6.45, 7) is 2.61. The molecule has 5 heteroatoms. The number of nitrogens with zero attached hydrogens (tertiary/aromatic N) is 1. The van der Waals surface area contributed by atoms with Gasteiger partial charge < -0.3 is 5.73 Å². The van der Waals surface area contributed by atoms with E-state index in [1.54, 1.807) is 23.1 Å². The maximum Gasteiger partial charge on any atom is 0.103 e. The van der Waals surface area contributed by atoms with Gasteiger partial charge in [-0.3, -0.25) is 0 Å². The molecule has 0 bridgehead atoms. The van der Waals surface area contributed by atoms with Crippen LogP contribution in [0.15, 0.2) is 33.6 Å². The second-order valence-corrected chi connectivity index (χ2v) is 6.58. The maximum atomic E-state index is 5.65. The second kappa shape index (κ2) is 6.00. The molecule has 0 aliphatic heterocycles. The van der Waals surface area contributed by atoms with Crippen LogP contribution in [0.4, 0.5) is 0 Å². The molecule has 0 aliphatic rings. The van der Waals surface area contributed by atoms with E-state index in [1.165, 1.54) is 9.77 Å². The zero-order valence-corrected chi connectivity index (χ0v) is 12.7. The molecule has 90 valence electrons. The Kier molecular flexibility index (Phi) is 4.62. The van der Waals surface area contributed by atoms with Crippen molar-refractivity contribution in [3.05, 3.63) is 44.3 Å². The summed E-state index contributed by atoms with van der Waals surface area (Å²) in [4.78, 5) is 6.96. The van der Waals surface area contributed by atoms with Gasteiger partial charge in [0.15, 0.2) is 0 Å². The molecule has 0 spiro atoms. The van der Waals surface area contributed by atoms with E-state index in [2.05, 4.69) is 33.0 Å². The fraction of sp³-hybridized carbons (Fsp3) is 0.250. The van der Waals surface area contributed by atoms with Crippen LogP contribution in [0.2, 0.25) is 0 Å². The van der Waals surface area contributed by atoms with Crippen molar-refractivity contribution in [3.63, 3.8) is 0 Å². The lowest BCUT2D eigenvalue weighted by Crippen LogP contribution is -1.94. The number of hydrogen-bond acceptors (Lipinski definition) is 4. The van der Waals surface area contributed by atoms with Gasteiger partial charge in [0.25, 0.3) is 0 Å². The SMILES string of the molecule is Cc1nc(CSc2ccccc2Br)sc1CN. The van der Waals surface area contributed by atoms with Crippen LogP contribution in [0.25, 0.3) is 0 Å². The van der Waals surface area contributed by atoms with Crippen LogP contribution in [-0.4, -0.2) is 4.98 Å². The zero-order chi connectivity index (χ0) is 12.3. The Hall–Kier alpha value is -0.360. The lowest BCUT2D eigenvalue weighted by Gasteiger charge is -2.01. The Balaban J connectivity index is 2.05. The average molecular weight is 329 g/mol. The summed E-state index contributed by atoms with van der Waals surface area (Å²) in [5.41, 5.74) is 6.72. The van der Waals surface area contributed by atoms with Gasteiger partial charge in [0.1, 0.15) is 5.01 Å². The molecular weight excluding hydrogens is 316 g/mol. The van der Waals surface area contributed by atoms with Crippen molar-refractivity contribution in [1.82, 2.24) is 4.98 Å². The summed E-state index contributed by atoms with van der Waals surface area (Å²) >= 11 is 7.05. The lowest BCUT2D eigenvalue weighted by atomic mass is 10.4. The van der Waals surface area contributed by atoms with Gasteiger partial charge in [-0.05, 0) is 35.0 Å². The van der Waals surface area contributed by atoms with E-state index in [1.807, 2.05) is 19.1 Å². The van der Waals surface area contributed by atoms with Crippen molar-refractivity contribution >= 4 is 39.0 Å². The number of halogens is 1. The third-order valence-corrected chi connectivity index (χ3v) is 5.71. The first-order valence-electron chi connectivity index (χ1n) is 5.23. The second-order valence-electron chi connectivity index (χ2n) is 3.54. The van der Waals surface area contributed by atoms with Crippen LogP contribution >= 0.6 is 39.0 Å². The topological polar surface area (TPSA) is 38.9 Å². The van der Waals surface area contributed by atoms with Gasteiger partial charge in [0.2, 0.25) is 0 Å². The normalized spacial score (nSPS) is 10.8. The van der Waals surface area contributed by atoms with E-state index in [0.29, 0.717) is 6.54 Å². The van der Waals surface area contributed by atoms with Crippen molar-refractivity contribution in [2.45, 2.75) is 24.1 Å². The fourth-order valence-corrected chi connectivity index (χ4v) is 3.95. The fourth-order valence-electron chi connectivity index (χ4n) is 1.44. The molecule has 2 N–H and O–H groups in total. The molecule has 0 radical (unpaired) electrons. The summed E-state index contributed by atoms with van der Waals surface area (Å²) in [6.07, 6.45) is 0. The minimum Gasteiger partial charge on any atom is -0.326 e. The van der Waals surface area contributed by atoms with E-state index < -0.39 is 0 Å². The summed E-state index contributed by atoms with van der Waals surface area (Å²) in [6, 6.07) is 8.24. The van der Waals surface area contributed by atoms with Crippen molar-refractivity contribution in [3.8, 4) is 0 Å². The number of aromatic nitrogens is 1. The van der Waals surface area contributed by atoms with E-state index in [9.17, 15) is 0 Å². The van der Waals surface area contributed by atoms with Crippen molar-refractivity contribution in [1.29, 1.82) is 0 Å². The molecule has 2 rings (SSSR count). The van der Waals surface area contributed by atoms with Gasteiger partial charge in [0.05, 0.1) is 11.4 Å². The highest BCUT2D eigenvalue weighted by Gasteiger charge is 2.07. The number of thiazole rings is 1. The molecule has 1 heterocycles. The molecule has 1 aromatic heterocycles. The standard InChI is InChI=1S/C12H13BrN2S2/c1-8-11(6-14)17-12(15-8)7-16-10-5-3-2-4-9(10)13/h2-5H,6-7,14H2,1H3. The van der Waals surface area contributed by atoms with Gasteiger partial charge in [-0.1, -0.05) is 12.1 Å². The average Bonchev–Trinajstić information content (AvgIpc) is 2.69. The number of aryl methyl sites for hydroxylation is 1. The Morgan fingerprint density at radius 1 is 1.41 bits per heavy atom. The summed E-state index contributed by atoms with van der Waals surface area (Å²) in [7, 11) is 0. The highest BCUT2D eigenvalue weighted by molar-refractivity contribution is 9.10. The monoisotopic (exact) mass is 328 g/mol. The molecular formula is C12H13BrN2S2. The largest absolute Gasteiger partial charge is 0.326 e. The first kappa shape index (κ1) is 13.1. The molecule has 0 amide bonds. The maximum absolute atomic E-state index is 5.65. The van der Waals surface area contributed by atoms with E-state index >= 15 is 0 Å². The van der Waals surface area contributed by atoms with Crippen LogP contribution in [0.5, 0.6) is 0 Å². The highest BCUT2D eigenvalue weighted by atomic mass is 79.9. The highest BCUT2D eigenvalue weighted by Crippen LogP contribution is 2.31. The quantitative estimate of drug-likeness (QED) is 0.863. The van der Waals surface area contributed by atoms with Crippen LogP contribution in [0.1, 0.15) is 15.6 Å². The van der Waals surface area contributed by atoms with E-state index in [0.717, 1.165) is 20.9 Å². The van der Waals surface area contributed by atoms with E-state index in [-0.39, 0.29) is 0 Å². The van der Waals surface area contributed by atoms with Crippen molar-refractivity contribution in [2.24, 2.45) is 5.73 Å². The van der Waals surface area contributed by atoms with Gasteiger partial charge in [-0.2, -0.15) is 0 Å². The predicted octanol–water partition coefficient (Wildman–Crippen LogP) is 3.97. The molecule has 0 saturated heterocycles. The van der Waals surface area contributed by atoms with Crippen LogP contribution in [0, 0.1) is 6.92 Å². The van der Waals surface area contributed by atoms with Crippen LogP contribution in [0.3, 0.4) is 0 Å². The smallest absolute Gasteiger partial charge is 0.103 e. The number of nitrogens with two attached hydrogens (primary N) is 1. The molecule has 0 saturated carbocycles. The predicted molar refractivity (Wildman–Crippen MR) is 78.4 cm³/mol. The van der Waals surface area contributed by atoms with Gasteiger partial charge in [0, 0.05) is 20.8 Å². The first-order valence-corrected chi connectivity index (χ1v) is 7.83. The molecule has 17 heavy (non-hydrogen) atoms. The Bertz CT molecular complexity index is 511. The number of thioether (sulfide) groups is 1. The Morgan fingerprint density at radius 3 is 2.82 bits per heavy atom. The molecule has 2 nitrogen and oxygen atoms in total. The summed E-state index contributed by atoms with van der Waals surface area (Å²) < 4.78 is 1.14. The summed E-state index contributed by atoms with van der Waals surface area (Å²) in [5.74, 6) is 0.897. The number of rotatable bonds is 4. The van der Waals surface area contributed by atoms with Gasteiger partial charge in [-0.15, -0.1) is 23.1 Å². The van der Waals surface area contributed by atoms with Gasteiger partial charge >= 0.3 is 0 Å². The minimum atomic E-state index is 0.587. The number of benzene rings is 1. The molecule has 0 atom stereocenters. The van der Waals surface area contributed by atoms with Crippen LogP contribution in [-0.2, 0) is 12.3 Å². The Labute approximate surface area is 118 Å². The number of hydrogen-bond donors (Lipinski definition) is 1. The molecule has 0 fully saturated rings. The molecule has 2 aromatic rings. The lowest BCUT2D eigenvalue weighted by molar-refractivity contribution is 1.05. The van der Waals surface area contributed by atoms with Crippen molar-refractivity contribution in [2.75, 3.05) is 0 Å². The van der Waals surface area contributed by atoms with E-state index in [4.69, 9.17) is 5.73 Å².